The Balaban J connectivity index is 1.94. The van der Waals surface area contributed by atoms with E-state index in [9.17, 15) is 4.79 Å². The summed E-state index contributed by atoms with van der Waals surface area (Å²) in [6.07, 6.45) is -0.285. The second-order valence-corrected chi connectivity index (χ2v) is 5.73. The van der Waals surface area contributed by atoms with Gasteiger partial charge in [-0.1, -0.05) is 6.92 Å². The van der Waals surface area contributed by atoms with Gasteiger partial charge in [0.2, 0.25) is 0 Å². The summed E-state index contributed by atoms with van der Waals surface area (Å²) in [7, 11) is 0. The second kappa shape index (κ2) is 5.21. The van der Waals surface area contributed by atoms with E-state index in [1.165, 1.54) is 0 Å². The molecule has 1 aromatic rings. The maximum atomic E-state index is 11.9. The molecule has 1 aliphatic rings. The van der Waals surface area contributed by atoms with Gasteiger partial charge in [0.05, 0.1) is 31.0 Å². The van der Waals surface area contributed by atoms with Gasteiger partial charge in [-0.25, -0.2) is 9.78 Å². The molecule has 6 nitrogen and oxygen atoms in total. The van der Waals surface area contributed by atoms with Crippen LogP contribution in [0.3, 0.4) is 0 Å². The fourth-order valence-electron chi connectivity index (χ4n) is 1.98. The molecule has 1 aliphatic heterocycles. The molecule has 2 heterocycles. The van der Waals surface area contributed by atoms with Gasteiger partial charge >= 0.3 is 6.09 Å². The first-order valence-electron chi connectivity index (χ1n) is 6.64. The second-order valence-electron chi connectivity index (χ2n) is 5.73. The first-order chi connectivity index (χ1) is 8.89. The van der Waals surface area contributed by atoms with Gasteiger partial charge in [-0.3, -0.25) is 4.90 Å². The zero-order valence-electron chi connectivity index (χ0n) is 12.0. The molecule has 1 amide bonds. The van der Waals surface area contributed by atoms with Gasteiger partial charge in [0.15, 0.2) is 0 Å². The van der Waals surface area contributed by atoms with E-state index in [0.717, 1.165) is 30.3 Å². The van der Waals surface area contributed by atoms with Crippen LogP contribution in [-0.4, -0.2) is 33.1 Å². The van der Waals surface area contributed by atoms with Crippen molar-refractivity contribution < 1.29 is 9.53 Å². The van der Waals surface area contributed by atoms with Crippen molar-refractivity contribution in [1.82, 2.24) is 20.2 Å². The number of hydrogen-bond donors (Lipinski definition) is 2. The van der Waals surface area contributed by atoms with Crippen molar-refractivity contribution in [3.8, 4) is 0 Å². The molecule has 0 fully saturated rings. The SMILES string of the molecule is CCNCc1nc2c([nH]1)CN(C(=O)OC(C)(C)C)C2. The number of imidazole rings is 1. The molecule has 106 valence electrons. The highest BCUT2D eigenvalue weighted by Gasteiger charge is 2.30. The van der Waals surface area contributed by atoms with Crippen molar-refractivity contribution in [2.24, 2.45) is 0 Å². The summed E-state index contributed by atoms with van der Waals surface area (Å²) in [6, 6.07) is 0. The monoisotopic (exact) mass is 266 g/mol. The number of nitrogens with zero attached hydrogens (tertiary/aromatic N) is 2. The number of nitrogens with one attached hydrogen (secondary N) is 2. The molecule has 0 unspecified atom stereocenters. The van der Waals surface area contributed by atoms with E-state index in [2.05, 4.69) is 22.2 Å². The predicted molar refractivity (Wildman–Crippen MR) is 71.4 cm³/mol. The Hall–Kier alpha value is -1.56. The normalized spacial score (nSPS) is 14.6. The molecule has 0 aliphatic carbocycles. The number of carbonyl (C=O) groups excluding carboxylic acids is 1. The van der Waals surface area contributed by atoms with Crippen molar-refractivity contribution in [3.63, 3.8) is 0 Å². The average molecular weight is 266 g/mol. The van der Waals surface area contributed by atoms with E-state index in [1.54, 1.807) is 4.90 Å². The number of rotatable bonds is 3. The topological polar surface area (TPSA) is 70.2 Å². The van der Waals surface area contributed by atoms with Crippen molar-refractivity contribution in [2.75, 3.05) is 6.54 Å². The highest BCUT2D eigenvalue weighted by molar-refractivity contribution is 5.68. The highest BCUT2D eigenvalue weighted by Crippen LogP contribution is 2.22. The Morgan fingerprint density at radius 1 is 1.47 bits per heavy atom. The van der Waals surface area contributed by atoms with Crippen LogP contribution in [0, 0.1) is 0 Å². The van der Waals surface area contributed by atoms with Gasteiger partial charge < -0.3 is 15.0 Å². The van der Waals surface area contributed by atoms with Crippen LogP contribution < -0.4 is 5.32 Å². The number of carbonyl (C=O) groups is 1. The van der Waals surface area contributed by atoms with Crippen molar-refractivity contribution in [3.05, 3.63) is 17.2 Å². The molecular formula is C13H22N4O2. The largest absolute Gasteiger partial charge is 0.444 e. The summed E-state index contributed by atoms with van der Waals surface area (Å²) < 4.78 is 5.35. The highest BCUT2D eigenvalue weighted by atomic mass is 16.6. The molecule has 0 bridgehead atoms. The van der Waals surface area contributed by atoms with Crippen LogP contribution in [0.2, 0.25) is 0 Å². The molecule has 0 radical (unpaired) electrons. The molecule has 0 aromatic carbocycles. The molecule has 0 saturated carbocycles. The van der Waals surface area contributed by atoms with Crippen LogP contribution in [-0.2, 0) is 24.4 Å². The summed E-state index contributed by atoms with van der Waals surface area (Å²) in [5.74, 6) is 0.927. The van der Waals surface area contributed by atoms with Gasteiger partial charge in [-0.05, 0) is 27.3 Å². The maximum Gasteiger partial charge on any atom is 0.410 e. The molecule has 1 aromatic heterocycles. The fourth-order valence-corrected chi connectivity index (χ4v) is 1.98. The quantitative estimate of drug-likeness (QED) is 0.874. The molecule has 0 saturated heterocycles. The summed E-state index contributed by atoms with van der Waals surface area (Å²) in [5, 5.41) is 3.22. The molecule has 0 spiro atoms. The van der Waals surface area contributed by atoms with E-state index in [1.807, 2.05) is 20.8 Å². The van der Waals surface area contributed by atoms with Crippen LogP contribution in [0.15, 0.2) is 0 Å². The van der Waals surface area contributed by atoms with Gasteiger partial charge in [-0.2, -0.15) is 0 Å². The van der Waals surface area contributed by atoms with Crippen molar-refractivity contribution in [2.45, 2.75) is 52.9 Å². The Bertz CT molecular complexity index is 438. The maximum absolute atomic E-state index is 11.9. The molecule has 2 rings (SSSR count). The summed E-state index contributed by atoms with van der Waals surface area (Å²) in [5.41, 5.74) is 1.49. The first kappa shape index (κ1) is 13.9. The van der Waals surface area contributed by atoms with Gasteiger partial charge in [0.25, 0.3) is 0 Å². The van der Waals surface area contributed by atoms with Crippen LogP contribution in [0.1, 0.15) is 44.9 Å². The minimum absolute atomic E-state index is 0.285. The Kier molecular flexibility index (Phi) is 3.80. The van der Waals surface area contributed by atoms with Crippen LogP contribution in [0.4, 0.5) is 4.79 Å². The number of aromatic nitrogens is 2. The molecular weight excluding hydrogens is 244 g/mol. The number of H-pyrrole nitrogens is 1. The van der Waals surface area contributed by atoms with E-state index in [4.69, 9.17) is 4.74 Å². The average Bonchev–Trinajstić information content (AvgIpc) is 2.81. The van der Waals surface area contributed by atoms with E-state index in [-0.39, 0.29) is 6.09 Å². The Labute approximate surface area is 113 Å². The summed E-state index contributed by atoms with van der Waals surface area (Å²) >= 11 is 0. The molecule has 19 heavy (non-hydrogen) atoms. The molecule has 6 heteroatoms. The number of hydrogen-bond acceptors (Lipinski definition) is 4. The lowest BCUT2D eigenvalue weighted by Crippen LogP contribution is -2.33. The lowest BCUT2D eigenvalue weighted by Gasteiger charge is -2.24. The van der Waals surface area contributed by atoms with Crippen LogP contribution in [0.25, 0.3) is 0 Å². The number of amides is 1. The summed E-state index contributed by atoms with van der Waals surface area (Å²) in [4.78, 5) is 21.3. The standard InChI is InChI=1S/C13H22N4O2/c1-5-14-6-11-15-9-7-17(8-10(9)16-11)12(18)19-13(2,3)4/h14H,5-8H2,1-4H3,(H,15,16). The minimum atomic E-state index is -0.461. The third-order valence-electron chi connectivity index (χ3n) is 2.80. The minimum Gasteiger partial charge on any atom is -0.444 e. The van der Waals surface area contributed by atoms with E-state index < -0.39 is 5.60 Å². The van der Waals surface area contributed by atoms with E-state index in [0.29, 0.717) is 13.1 Å². The predicted octanol–water partition coefficient (Wildman–Crippen LogP) is 1.77. The fraction of sp³-hybridized carbons (Fsp3) is 0.692. The lowest BCUT2D eigenvalue weighted by molar-refractivity contribution is 0.0238. The van der Waals surface area contributed by atoms with Gasteiger partial charge in [0.1, 0.15) is 11.4 Å². The smallest absolute Gasteiger partial charge is 0.410 e. The van der Waals surface area contributed by atoms with Crippen LogP contribution >= 0.6 is 0 Å². The number of fused-ring (bicyclic) bond motifs is 1. The van der Waals surface area contributed by atoms with Crippen LogP contribution in [0.5, 0.6) is 0 Å². The van der Waals surface area contributed by atoms with Crippen molar-refractivity contribution in [1.29, 1.82) is 0 Å². The zero-order valence-corrected chi connectivity index (χ0v) is 12.0. The Morgan fingerprint density at radius 3 is 2.79 bits per heavy atom. The Morgan fingerprint density at radius 2 is 2.21 bits per heavy atom. The van der Waals surface area contributed by atoms with Crippen molar-refractivity contribution >= 4 is 6.09 Å². The third kappa shape index (κ3) is 3.47. The van der Waals surface area contributed by atoms with Gasteiger partial charge in [-0.15, -0.1) is 0 Å². The lowest BCUT2D eigenvalue weighted by atomic mass is 10.2. The molecule has 2 N–H and O–H groups in total. The molecule has 0 atom stereocenters. The zero-order chi connectivity index (χ0) is 14.0. The number of ether oxygens (including phenoxy) is 1. The first-order valence-corrected chi connectivity index (χ1v) is 6.64. The van der Waals surface area contributed by atoms with E-state index >= 15 is 0 Å². The number of aromatic amines is 1. The third-order valence-corrected chi connectivity index (χ3v) is 2.80. The van der Waals surface area contributed by atoms with Gasteiger partial charge in [0, 0.05) is 0 Å². The summed E-state index contributed by atoms with van der Waals surface area (Å²) in [6.45, 7) is 10.4.